The van der Waals surface area contributed by atoms with Crippen LogP contribution in [0.1, 0.15) is 6.92 Å². The van der Waals surface area contributed by atoms with E-state index in [1.807, 2.05) is 0 Å². The summed E-state index contributed by atoms with van der Waals surface area (Å²) in [5.41, 5.74) is 0. The summed E-state index contributed by atoms with van der Waals surface area (Å²) in [5, 5.41) is 0.252. The zero-order chi connectivity index (χ0) is 16.2. The Morgan fingerprint density at radius 3 is 2.50 bits per heavy atom. The van der Waals surface area contributed by atoms with Crippen molar-refractivity contribution in [3.05, 3.63) is 29.3 Å². The van der Waals surface area contributed by atoms with E-state index in [1.54, 1.807) is 18.2 Å². The van der Waals surface area contributed by atoms with Gasteiger partial charge in [-0.3, -0.25) is 0 Å². The second kappa shape index (κ2) is 7.75. The molecule has 1 aromatic rings. The Bertz CT molecular complexity index is 586. The van der Waals surface area contributed by atoms with Gasteiger partial charge in [0.25, 0.3) is 0 Å². The topological polar surface area (TPSA) is 52.7 Å². The van der Waals surface area contributed by atoms with Crippen molar-refractivity contribution in [3.8, 4) is 0 Å². The van der Waals surface area contributed by atoms with Gasteiger partial charge in [0.05, 0.1) is 5.02 Å². The lowest BCUT2D eigenvalue weighted by molar-refractivity contribution is 0.139. The van der Waals surface area contributed by atoms with E-state index in [0.717, 1.165) is 32.7 Å². The Labute approximate surface area is 138 Å². The monoisotopic (exact) mass is 345 g/mol. The molecule has 0 saturated carbocycles. The van der Waals surface area contributed by atoms with Gasteiger partial charge in [0, 0.05) is 39.3 Å². The van der Waals surface area contributed by atoms with Gasteiger partial charge >= 0.3 is 0 Å². The first-order valence-corrected chi connectivity index (χ1v) is 9.39. The third kappa shape index (κ3) is 4.93. The van der Waals surface area contributed by atoms with Crippen molar-refractivity contribution >= 4 is 21.6 Å². The standard InChI is InChI=1S/C15H24ClN3O2S/c1-13(12-19-9-7-18(2)8-10-19)11-17-22(20,21)15-6-4-3-5-14(15)16/h3-6,13,17H,7-12H2,1-2H3/t13-/m0/s1. The molecule has 0 aromatic heterocycles. The summed E-state index contributed by atoms with van der Waals surface area (Å²) in [6.45, 7) is 7.60. The van der Waals surface area contributed by atoms with Gasteiger partial charge in [0.15, 0.2) is 0 Å². The third-order valence-corrected chi connectivity index (χ3v) is 5.84. The van der Waals surface area contributed by atoms with Gasteiger partial charge in [0.2, 0.25) is 10.0 Å². The Balaban J connectivity index is 1.85. The molecule has 1 saturated heterocycles. The first kappa shape index (κ1) is 17.7. The number of likely N-dealkylation sites (N-methyl/N-ethyl adjacent to an activating group) is 1. The van der Waals surface area contributed by atoms with Crippen molar-refractivity contribution in [3.63, 3.8) is 0 Å². The van der Waals surface area contributed by atoms with E-state index in [2.05, 4.69) is 28.5 Å². The van der Waals surface area contributed by atoms with E-state index in [9.17, 15) is 8.42 Å². The van der Waals surface area contributed by atoms with Crippen LogP contribution >= 0.6 is 11.6 Å². The summed E-state index contributed by atoms with van der Waals surface area (Å²) in [6, 6.07) is 6.50. The van der Waals surface area contributed by atoms with Gasteiger partial charge in [-0.25, -0.2) is 13.1 Å². The van der Waals surface area contributed by atoms with Crippen molar-refractivity contribution in [2.75, 3.05) is 46.3 Å². The molecule has 1 atom stereocenters. The summed E-state index contributed by atoms with van der Waals surface area (Å²) >= 11 is 5.96. The van der Waals surface area contributed by atoms with Gasteiger partial charge in [-0.1, -0.05) is 30.7 Å². The number of nitrogens with one attached hydrogen (secondary N) is 1. The van der Waals surface area contributed by atoms with Crippen LogP contribution in [0.4, 0.5) is 0 Å². The Hall–Kier alpha value is -0.660. The van der Waals surface area contributed by atoms with Gasteiger partial charge < -0.3 is 9.80 Å². The number of rotatable bonds is 6. The Kier molecular flexibility index (Phi) is 6.23. The highest BCUT2D eigenvalue weighted by molar-refractivity contribution is 7.89. The first-order chi connectivity index (χ1) is 10.4. The molecule has 0 radical (unpaired) electrons. The molecule has 22 heavy (non-hydrogen) atoms. The van der Waals surface area contributed by atoms with Gasteiger partial charge in [-0.05, 0) is 25.1 Å². The fraction of sp³-hybridized carbons (Fsp3) is 0.600. The minimum Gasteiger partial charge on any atom is -0.304 e. The Morgan fingerprint density at radius 1 is 1.23 bits per heavy atom. The molecule has 0 bridgehead atoms. The third-order valence-electron chi connectivity index (χ3n) is 3.91. The van der Waals surface area contributed by atoms with Crippen molar-refractivity contribution < 1.29 is 8.42 Å². The molecule has 124 valence electrons. The van der Waals surface area contributed by atoms with Crippen LogP contribution in [0.5, 0.6) is 0 Å². The average Bonchev–Trinajstić information content (AvgIpc) is 2.48. The summed E-state index contributed by atoms with van der Waals surface area (Å²) in [4.78, 5) is 4.83. The molecule has 2 rings (SSSR count). The molecule has 0 amide bonds. The minimum absolute atomic E-state index is 0.142. The molecule has 0 unspecified atom stereocenters. The van der Waals surface area contributed by atoms with E-state index in [-0.39, 0.29) is 15.8 Å². The average molecular weight is 346 g/mol. The molecule has 0 spiro atoms. The van der Waals surface area contributed by atoms with Crippen molar-refractivity contribution in [1.82, 2.24) is 14.5 Å². The minimum atomic E-state index is -3.54. The van der Waals surface area contributed by atoms with Crippen LogP contribution < -0.4 is 4.72 Å². The lowest BCUT2D eigenvalue weighted by Crippen LogP contribution is -2.46. The van der Waals surface area contributed by atoms with Gasteiger partial charge in [-0.2, -0.15) is 0 Å². The molecule has 1 aliphatic rings. The van der Waals surface area contributed by atoms with E-state index in [0.29, 0.717) is 6.54 Å². The number of halogens is 1. The molecule has 1 heterocycles. The predicted molar refractivity (Wildman–Crippen MR) is 89.7 cm³/mol. The summed E-state index contributed by atoms with van der Waals surface area (Å²) in [5.74, 6) is 0.251. The SMILES string of the molecule is C[C@@H](CNS(=O)(=O)c1ccccc1Cl)CN1CCN(C)CC1. The van der Waals surface area contributed by atoms with Crippen LogP contribution in [-0.4, -0.2) is 64.5 Å². The molecule has 0 aliphatic carbocycles. The number of hydrogen-bond acceptors (Lipinski definition) is 4. The van der Waals surface area contributed by atoms with Crippen LogP contribution in [0.2, 0.25) is 5.02 Å². The van der Waals surface area contributed by atoms with Gasteiger partial charge in [-0.15, -0.1) is 0 Å². The summed E-state index contributed by atoms with van der Waals surface area (Å²) in [6.07, 6.45) is 0. The largest absolute Gasteiger partial charge is 0.304 e. The highest BCUT2D eigenvalue weighted by Gasteiger charge is 2.20. The molecule has 1 fully saturated rings. The van der Waals surface area contributed by atoms with E-state index in [4.69, 9.17) is 11.6 Å². The second-order valence-corrected chi connectivity index (χ2v) is 8.13. The molecule has 1 N–H and O–H groups in total. The maximum atomic E-state index is 12.3. The van der Waals surface area contributed by atoms with Crippen LogP contribution in [0.3, 0.4) is 0 Å². The van der Waals surface area contributed by atoms with Gasteiger partial charge in [0.1, 0.15) is 4.90 Å². The number of piperazine rings is 1. The molecule has 1 aliphatic heterocycles. The van der Waals surface area contributed by atoms with E-state index < -0.39 is 10.0 Å². The number of nitrogens with zero attached hydrogens (tertiary/aromatic N) is 2. The smallest absolute Gasteiger partial charge is 0.242 e. The Morgan fingerprint density at radius 2 is 1.86 bits per heavy atom. The zero-order valence-corrected chi connectivity index (χ0v) is 14.7. The number of benzene rings is 1. The fourth-order valence-electron chi connectivity index (χ4n) is 2.53. The van der Waals surface area contributed by atoms with Crippen LogP contribution in [-0.2, 0) is 10.0 Å². The zero-order valence-electron chi connectivity index (χ0n) is 13.1. The predicted octanol–water partition coefficient (Wildman–Crippen LogP) is 1.50. The second-order valence-electron chi connectivity index (χ2n) is 5.99. The highest BCUT2D eigenvalue weighted by Crippen LogP contribution is 2.20. The fourth-order valence-corrected chi connectivity index (χ4v) is 4.21. The normalized spacial score (nSPS) is 19.2. The van der Waals surface area contributed by atoms with E-state index >= 15 is 0 Å². The lowest BCUT2D eigenvalue weighted by Gasteiger charge is -2.33. The molecular formula is C15H24ClN3O2S. The maximum Gasteiger partial charge on any atom is 0.242 e. The maximum absolute atomic E-state index is 12.3. The van der Waals surface area contributed by atoms with Crippen LogP contribution in [0.25, 0.3) is 0 Å². The first-order valence-electron chi connectivity index (χ1n) is 7.53. The van der Waals surface area contributed by atoms with Crippen LogP contribution in [0, 0.1) is 5.92 Å². The van der Waals surface area contributed by atoms with E-state index in [1.165, 1.54) is 6.07 Å². The molecule has 7 heteroatoms. The number of sulfonamides is 1. The van der Waals surface area contributed by atoms with Crippen molar-refractivity contribution in [1.29, 1.82) is 0 Å². The quantitative estimate of drug-likeness (QED) is 0.849. The van der Waals surface area contributed by atoms with Crippen LogP contribution in [0.15, 0.2) is 29.2 Å². The summed E-state index contributed by atoms with van der Waals surface area (Å²) < 4.78 is 27.2. The lowest BCUT2D eigenvalue weighted by atomic mass is 10.1. The molecule has 5 nitrogen and oxygen atoms in total. The summed E-state index contributed by atoms with van der Waals surface area (Å²) in [7, 11) is -1.42. The molecule has 1 aromatic carbocycles. The van der Waals surface area contributed by atoms with Crippen molar-refractivity contribution in [2.24, 2.45) is 5.92 Å². The molecular weight excluding hydrogens is 322 g/mol. The highest BCUT2D eigenvalue weighted by atomic mass is 35.5. The van der Waals surface area contributed by atoms with Crippen molar-refractivity contribution in [2.45, 2.75) is 11.8 Å². The number of hydrogen-bond donors (Lipinski definition) is 1.